The van der Waals surface area contributed by atoms with Gasteiger partial charge in [-0.1, -0.05) is 19.1 Å². The third-order valence-electron chi connectivity index (χ3n) is 2.86. The lowest BCUT2D eigenvalue weighted by Crippen LogP contribution is -2.20. The number of hydrogen-bond acceptors (Lipinski definition) is 3. The minimum atomic E-state index is -4.35. The van der Waals surface area contributed by atoms with Gasteiger partial charge in [0, 0.05) is 17.0 Å². The summed E-state index contributed by atoms with van der Waals surface area (Å²) in [4.78, 5) is 0. The number of rotatable bonds is 5. The molecule has 19 heavy (non-hydrogen) atoms. The number of benzene rings is 1. The molecule has 0 bridgehead atoms. The Morgan fingerprint density at radius 3 is 2.47 bits per heavy atom. The fraction of sp³-hybridized carbons (Fsp3) is 0.538. The number of aliphatic hydroxyl groups is 1. The maximum atomic E-state index is 12.6. The SMILES string of the molecule is CC(O)C(C)SCC(N)c1cccc(C(F)(F)F)c1. The van der Waals surface area contributed by atoms with Gasteiger partial charge in [0.05, 0.1) is 11.7 Å². The Balaban J connectivity index is 2.70. The quantitative estimate of drug-likeness (QED) is 0.876. The van der Waals surface area contributed by atoms with Crippen LogP contribution in [0.25, 0.3) is 0 Å². The lowest BCUT2D eigenvalue weighted by molar-refractivity contribution is -0.137. The van der Waals surface area contributed by atoms with Crippen molar-refractivity contribution >= 4 is 11.8 Å². The van der Waals surface area contributed by atoms with Gasteiger partial charge in [-0.3, -0.25) is 0 Å². The summed E-state index contributed by atoms with van der Waals surface area (Å²) in [5.41, 5.74) is 5.66. The molecule has 1 rings (SSSR count). The third kappa shape index (κ3) is 5.04. The van der Waals surface area contributed by atoms with Crippen molar-refractivity contribution in [2.75, 3.05) is 5.75 Å². The van der Waals surface area contributed by atoms with Crippen LogP contribution in [-0.4, -0.2) is 22.2 Å². The summed E-state index contributed by atoms with van der Waals surface area (Å²) in [6.45, 7) is 3.53. The van der Waals surface area contributed by atoms with E-state index in [1.807, 2.05) is 6.92 Å². The maximum Gasteiger partial charge on any atom is 0.416 e. The molecule has 1 aromatic rings. The van der Waals surface area contributed by atoms with E-state index in [1.165, 1.54) is 17.8 Å². The normalized spacial score (nSPS) is 17.0. The van der Waals surface area contributed by atoms with Crippen molar-refractivity contribution in [2.24, 2.45) is 5.73 Å². The first-order valence-corrected chi connectivity index (χ1v) is 6.99. The average molecular weight is 293 g/mol. The molecule has 0 aromatic heterocycles. The molecule has 0 amide bonds. The summed E-state index contributed by atoms with van der Waals surface area (Å²) in [7, 11) is 0. The summed E-state index contributed by atoms with van der Waals surface area (Å²) >= 11 is 1.44. The zero-order chi connectivity index (χ0) is 14.6. The van der Waals surface area contributed by atoms with Crippen molar-refractivity contribution in [3.8, 4) is 0 Å². The highest BCUT2D eigenvalue weighted by Crippen LogP contribution is 2.31. The predicted molar refractivity (Wildman–Crippen MR) is 72.0 cm³/mol. The van der Waals surface area contributed by atoms with Gasteiger partial charge >= 0.3 is 6.18 Å². The number of nitrogens with two attached hydrogens (primary N) is 1. The van der Waals surface area contributed by atoms with Crippen LogP contribution >= 0.6 is 11.8 Å². The number of halogens is 3. The molecule has 0 radical (unpaired) electrons. The van der Waals surface area contributed by atoms with Gasteiger partial charge < -0.3 is 10.8 Å². The number of thioether (sulfide) groups is 1. The summed E-state index contributed by atoms with van der Waals surface area (Å²) in [6.07, 6.45) is -4.82. The van der Waals surface area contributed by atoms with Crippen LogP contribution in [0.4, 0.5) is 13.2 Å². The highest BCUT2D eigenvalue weighted by atomic mass is 32.2. The zero-order valence-corrected chi connectivity index (χ0v) is 11.6. The highest BCUT2D eigenvalue weighted by molar-refractivity contribution is 7.99. The van der Waals surface area contributed by atoms with Crippen molar-refractivity contribution in [3.05, 3.63) is 35.4 Å². The van der Waals surface area contributed by atoms with Gasteiger partial charge in [0.2, 0.25) is 0 Å². The largest absolute Gasteiger partial charge is 0.416 e. The molecule has 0 fully saturated rings. The van der Waals surface area contributed by atoms with Crippen LogP contribution in [0.1, 0.15) is 31.0 Å². The third-order valence-corrected chi connectivity index (χ3v) is 4.33. The summed E-state index contributed by atoms with van der Waals surface area (Å²) in [5.74, 6) is 0.466. The molecule has 6 heteroatoms. The molecule has 0 spiro atoms. The lowest BCUT2D eigenvalue weighted by Gasteiger charge is -2.18. The van der Waals surface area contributed by atoms with E-state index in [4.69, 9.17) is 5.73 Å². The second-order valence-electron chi connectivity index (χ2n) is 4.51. The average Bonchev–Trinajstić information content (AvgIpc) is 2.34. The molecule has 0 aliphatic heterocycles. The van der Waals surface area contributed by atoms with Crippen LogP contribution in [-0.2, 0) is 6.18 Å². The van der Waals surface area contributed by atoms with Gasteiger partial charge in [-0.25, -0.2) is 0 Å². The molecule has 0 aliphatic carbocycles. The monoisotopic (exact) mass is 293 g/mol. The Hall–Kier alpha value is -0.720. The van der Waals surface area contributed by atoms with Crippen LogP contribution in [0.5, 0.6) is 0 Å². The van der Waals surface area contributed by atoms with Gasteiger partial charge in [0.1, 0.15) is 0 Å². The Morgan fingerprint density at radius 2 is 1.95 bits per heavy atom. The topological polar surface area (TPSA) is 46.2 Å². The Bertz CT molecular complexity index is 409. The van der Waals surface area contributed by atoms with Crippen molar-refractivity contribution < 1.29 is 18.3 Å². The van der Waals surface area contributed by atoms with E-state index in [0.717, 1.165) is 12.1 Å². The molecule has 2 nitrogen and oxygen atoms in total. The van der Waals surface area contributed by atoms with Crippen LogP contribution in [0.2, 0.25) is 0 Å². The first kappa shape index (κ1) is 16.3. The zero-order valence-electron chi connectivity index (χ0n) is 10.8. The van der Waals surface area contributed by atoms with Crippen LogP contribution in [0.15, 0.2) is 24.3 Å². The van der Waals surface area contributed by atoms with Crippen molar-refractivity contribution in [2.45, 2.75) is 37.4 Å². The number of hydrogen-bond donors (Lipinski definition) is 2. The van der Waals surface area contributed by atoms with E-state index in [9.17, 15) is 18.3 Å². The molecule has 0 saturated heterocycles. The smallest absolute Gasteiger partial charge is 0.392 e. The molecule has 0 heterocycles. The van der Waals surface area contributed by atoms with E-state index in [2.05, 4.69) is 0 Å². The highest BCUT2D eigenvalue weighted by Gasteiger charge is 2.30. The fourth-order valence-corrected chi connectivity index (χ4v) is 2.42. The molecular weight excluding hydrogens is 275 g/mol. The van der Waals surface area contributed by atoms with E-state index in [-0.39, 0.29) is 5.25 Å². The van der Waals surface area contributed by atoms with Gasteiger partial charge in [0.15, 0.2) is 0 Å². The molecule has 3 atom stereocenters. The minimum absolute atomic E-state index is 0.00292. The molecule has 0 saturated carbocycles. The number of aliphatic hydroxyl groups excluding tert-OH is 1. The molecule has 3 unspecified atom stereocenters. The maximum absolute atomic E-state index is 12.6. The van der Waals surface area contributed by atoms with Gasteiger partial charge in [0.25, 0.3) is 0 Å². The van der Waals surface area contributed by atoms with Crippen molar-refractivity contribution in [3.63, 3.8) is 0 Å². The summed E-state index contributed by atoms with van der Waals surface area (Å²) in [6, 6.07) is 4.59. The van der Waals surface area contributed by atoms with Crippen LogP contribution in [0, 0.1) is 0 Å². The predicted octanol–water partition coefficient (Wildman–Crippen LogP) is 3.21. The second-order valence-corrected chi connectivity index (χ2v) is 5.92. The van der Waals surface area contributed by atoms with E-state index < -0.39 is 23.9 Å². The van der Waals surface area contributed by atoms with E-state index >= 15 is 0 Å². The van der Waals surface area contributed by atoms with Gasteiger partial charge in [-0.2, -0.15) is 24.9 Å². The number of alkyl halides is 3. The Morgan fingerprint density at radius 1 is 1.32 bits per heavy atom. The molecule has 1 aromatic carbocycles. The Labute approximate surface area is 115 Å². The molecular formula is C13H18F3NOS. The minimum Gasteiger partial charge on any atom is -0.392 e. The van der Waals surface area contributed by atoms with Crippen molar-refractivity contribution in [1.29, 1.82) is 0 Å². The lowest BCUT2D eigenvalue weighted by atomic mass is 10.1. The summed E-state index contributed by atoms with van der Waals surface area (Å²) < 4.78 is 37.7. The van der Waals surface area contributed by atoms with Gasteiger partial charge in [-0.15, -0.1) is 0 Å². The van der Waals surface area contributed by atoms with Gasteiger partial charge in [-0.05, 0) is 24.6 Å². The van der Waals surface area contributed by atoms with E-state index in [1.54, 1.807) is 13.0 Å². The fourth-order valence-electron chi connectivity index (χ4n) is 1.44. The van der Waals surface area contributed by atoms with Crippen LogP contribution in [0.3, 0.4) is 0 Å². The standard InChI is InChI=1S/C13H18F3NOS/c1-8(18)9(2)19-7-12(17)10-4-3-5-11(6-10)13(14,15)16/h3-6,8-9,12,18H,7,17H2,1-2H3. The molecule has 0 aliphatic rings. The first-order valence-electron chi connectivity index (χ1n) is 5.94. The first-order chi connectivity index (χ1) is 8.71. The molecule has 108 valence electrons. The van der Waals surface area contributed by atoms with Crippen LogP contribution < -0.4 is 5.73 Å². The summed E-state index contributed by atoms with van der Waals surface area (Å²) in [5, 5.41) is 9.34. The van der Waals surface area contributed by atoms with E-state index in [0.29, 0.717) is 11.3 Å². The molecule has 3 N–H and O–H groups in total. The second kappa shape index (κ2) is 6.63. The van der Waals surface area contributed by atoms with Crippen molar-refractivity contribution in [1.82, 2.24) is 0 Å². The Kier molecular flexibility index (Phi) is 5.70.